The van der Waals surface area contributed by atoms with Crippen LogP contribution >= 0.6 is 0 Å². The maximum absolute atomic E-state index is 12.2. The summed E-state index contributed by atoms with van der Waals surface area (Å²) in [6.45, 7) is 5.31. The molecule has 0 atom stereocenters. The minimum atomic E-state index is -0.0419. The molecule has 1 aromatic carbocycles. The number of nitrogens with two attached hydrogens (primary N) is 1. The van der Waals surface area contributed by atoms with Crippen LogP contribution in [0.3, 0.4) is 0 Å². The van der Waals surface area contributed by atoms with Gasteiger partial charge in [-0.2, -0.15) is 0 Å². The second kappa shape index (κ2) is 7.09. The fourth-order valence-electron chi connectivity index (χ4n) is 2.30. The van der Waals surface area contributed by atoms with Crippen molar-refractivity contribution in [2.45, 2.75) is 32.9 Å². The molecule has 1 aromatic heterocycles. The Morgan fingerprint density at radius 1 is 1.19 bits per heavy atom. The van der Waals surface area contributed by atoms with E-state index in [9.17, 15) is 4.79 Å². The molecule has 1 amide bonds. The maximum Gasteiger partial charge on any atom is 0.268 e. The standard InChI is InChI=1S/C17H23N3O/c1-13(2)20-11-3-4-16(20)17(21)19-12-15-7-5-14(6-8-15)9-10-18/h3-8,11,13H,9-10,12,18H2,1-2H3,(H,19,21). The van der Waals surface area contributed by atoms with Gasteiger partial charge < -0.3 is 15.6 Å². The smallest absolute Gasteiger partial charge is 0.268 e. The number of amides is 1. The molecule has 0 saturated carbocycles. The predicted octanol–water partition coefficient (Wildman–Crippen LogP) is 2.50. The van der Waals surface area contributed by atoms with E-state index in [2.05, 4.69) is 31.3 Å². The minimum Gasteiger partial charge on any atom is -0.347 e. The SMILES string of the molecule is CC(C)n1cccc1C(=O)NCc1ccc(CCN)cc1. The van der Waals surface area contributed by atoms with Gasteiger partial charge in [0.05, 0.1) is 0 Å². The molecular formula is C17H23N3O. The van der Waals surface area contributed by atoms with Crippen molar-refractivity contribution < 1.29 is 4.79 Å². The minimum absolute atomic E-state index is 0.0419. The van der Waals surface area contributed by atoms with Gasteiger partial charge >= 0.3 is 0 Å². The largest absolute Gasteiger partial charge is 0.347 e. The number of aromatic nitrogens is 1. The van der Waals surface area contributed by atoms with Crippen molar-refractivity contribution in [2.24, 2.45) is 5.73 Å². The number of hydrogen-bond donors (Lipinski definition) is 2. The van der Waals surface area contributed by atoms with Crippen molar-refractivity contribution in [3.8, 4) is 0 Å². The lowest BCUT2D eigenvalue weighted by Gasteiger charge is -2.13. The number of nitrogens with one attached hydrogen (secondary N) is 1. The van der Waals surface area contributed by atoms with Gasteiger partial charge in [-0.3, -0.25) is 4.79 Å². The molecule has 0 spiro atoms. The van der Waals surface area contributed by atoms with Gasteiger partial charge in [-0.25, -0.2) is 0 Å². The Kier molecular flexibility index (Phi) is 5.17. The van der Waals surface area contributed by atoms with E-state index in [-0.39, 0.29) is 11.9 Å². The molecule has 2 aromatic rings. The molecule has 0 bridgehead atoms. The van der Waals surface area contributed by atoms with Crippen molar-refractivity contribution in [3.63, 3.8) is 0 Å². The molecule has 0 unspecified atom stereocenters. The molecular weight excluding hydrogens is 262 g/mol. The summed E-state index contributed by atoms with van der Waals surface area (Å²) < 4.78 is 1.97. The van der Waals surface area contributed by atoms with Gasteiger partial charge in [-0.05, 0) is 50.1 Å². The number of nitrogens with zero attached hydrogens (tertiary/aromatic N) is 1. The number of carbonyl (C=O) groups excluding carboxylic acids is 1. The third-order valence-electron chi connectivity index (χ3n) is 3.48. The molecule has 4 heteroatoms. The van der Waals surface area contributed by atoms with E-state index in [4.69, 9.17) is 5.73 Å². The van der Waals surface area contributed by atoms with Gasteiger partial charge in [-0.15, -0.1) is 0 Å². The fraction of sp³-hybridized carbons (Fsp3) is 0.353. The highest BCUT2D eigenvalue weighted by atomic mass is 16.1. The van der Waals surface area contributed by atoms with Gasteiger partial charge in [-0.1, -0.05) is 24.3 Å². The van der Waals surface area contributed by atoms with Gasteiger partial charge in [0.25, 0.3) is 5.91 Å². The van der Waals surface area contributed by atoms with Gasteiger partial charge in [0.15, 0.2) is 0 Å². The Balaban J connectivity index is 1.96. The highest BCUT2D eigenvalue weighted by Gasteiger charge is 2.12. The average molecular weight is 285 g/mol. The molecule has 1 heterocycles. The first-order valence-corrected chi connectivity index (χ1v) is 7.34. The van der Waals surface area contributed by atoms with Crippen LogP contribution in [-0.4, -0.2) is 17.0 Å². The molecule has 112 valence electrons. The molecule has 2 rings (SSSR count). The molecule has 4 nitrogen and oxygen atoms in total. The second-order valence-electron chi connectivity index (χ2n) is 5.43. The molecule has 3 N–H and O–H groups in total. The first kappa shape index (κ1) is 15.3. The summed E-state index contributed by atoms with van der Waals surface area (Å²) in [5, 5.41) is 2.96. The third kappa shape index (κ3) is 3.95. The van der Waals surface area contributed by atoms with Crippen LogP contribution in [0.5, 0.6) is 0 Å². The van der Waals surface area contributed by atoms with Crippen LogP contribution in [0.25, 0.3) is 0 Å². The molecule has 0 aliphatic carbocycles. The number of benzene rings is 1. The Morgan fingerprint density at radius 3 is 2.48 bits per heavy atom. The Morgan fingerprint density at radius 2 is 1.86 bits per heavy atom. The zero-order chi connectivity index (χ0) is 15.2. The Labute approximate surface area is 126 Å². The van der Waals surface area contributed by atoms with Gasteiger partial charge in [0, 0.05) is 18.8 Å². The second-order valence-corrected chi connectivity index (χ2v) is 5.43. The zero-order valence-electron chi connectivity index (χ0n) is 12.7. The van der Waals surface area contributed by atoms with Crippen LogP contribution in [0, 0.1) is 0 Å². The van der Waals surface area contributed by atoms with Crippen molar-refractivity contribution in [1.29, 1.82) is 0 Å². The average Bonchev–Trinajstić information content (AvgIpc) is 2.96. The lowest BCUT2D eigenvalue weighted by Crippen LogP contribution is -2.25. The summed E-state index contributed by atoms with van der Waals surface area (Å²) in [5.41, 5.74) is 8.54. The van der Waals surface area contributed by atoms with Gasteiger partial charge in [0.2, 0.25) is 0 Å². The van der Waals surface area contributed by atoms with Crippen molar-refractivity contribution in [3.05, 3.63) is 59.4 Å². The summed E-state index contributed by atoms with van der Waals surface area (Å²) in [6.07, 6.45) is 2.82. The topological polar surface area (TPSA) is 60.0 Å². The van der Waals surface area contributed by atoms with Crippen LogP contribution in [0.2, 0.25) is 0 Å². The summed E-state index contributed by atoms with van der Waals surface area (Å²) >= 11 is 0. The van der Waals surface area contributed by atoms with E-state index in [0.717, 1.165) is 12.0 Å². The molecule has 0 radical (unpaired) electrons. The highest BCUT2D eigenvalue weighted by molar-refractivity contribution is 5.92. The fourth-order valence-corrected chi connectivity index (χ4v) is 2.30. The summed E-state index contributed by atoms with van der Waals surface area (Å²) in [5.74, 6) is -0.0419. The molecule has 0 aliphatic heterocycles. The molecule has 0 saturated heterocycles. The molecule has 21 heavy (non-hydrogen) atoms. The maximum atomic E-state index is 12.2. The lowest BCUT2D eigenvalue weighted by atomic mass is 10.1. The number of rotatable bonds is 6. The van der Waals surface area contributed by atoms with E-state index >= 15 is 0 Å². The molecule has 0 fully saturated rings. The van der Waals surface area contributed by atoms with E-state index < -0.39 is 0 Å². The molecule has 0 aliphatic rings. The Hall–Kier alpha value is -2.07. The highest BCUT2D eigenvalue weighted by Crippen LogP contribution is 2.11. The zero-order valence-corrected chi connectivity index (χ0v) is 12.7. The van der Waals surface area contributed by atoms with Crippen LogP contribution in [0.1, 0.15) is 41.5 Å². The number of carbonyl (C=O) groups is 1. The summed E-state index contributed by atoms with van der Waals surface area (Å²) in [6, 6.07) is 12.2. The third-order valence-corrected chi connectivity index (χ3v) is 3.48. The van der Waals surface area contributed by atoms with Crippen molar-refractivity contribution in [1.82, 2.24) is 9.88 Å². The Bertz CT molecular complexity index is 584. The van der Waals surface area contributed by atoms with E-state index in [1.54, 1.807) is 0 Å². The first-order chi connectivity index (χ1) is 10.1. The van der Waals surface area contributed by atoms with E-state index in [0.29, 0.717) is 18.8 Å². The van der Waals surface area contributed by atoms with Crippen molar-refractivity contribution in [2.75, 3.05) is 6.54 Å². The monoisotopic (exact) mass is 285 g/mol. The van der Waals surface area contributed by atoms with Crippen LogP contribution < -0.4 is 11.1 Å². The van der Waals surface area contributed by atoms with Crippen molar-refractivity contribution >= 4 is 5.91 Å². The van der Waals surface area contributed by atoms with E-state index in [1.807, 2.05) is 35.0 Å². The number of hydrogen-bond acceptors (Lipinski definition) is 2. The lowest BCUT2D eigenvalue weighted by molar-refractivity contribution is 0.0940. The van der Waals surface area contributed by atoms with Crippen LogP contribution in [0.15, 0.2) is 42.6 Å². The normalized spacial score (nSPS) is 10.9. The first-order valence-electron chi connectivity index (χ1n) is 7.34. The van der Waals surface area contributed by atoms with Crippen LogP contribution in [0.4, 0.5) is 0 Å². The van der Waals surface area contributed by atoms with E-state index in [1.165, 1.54) is 5.56 Å². The summed E-state index contributed by atoms with van der Waals surface area (Å²) in [7, 11) is 0. The quantitative estimate of drug-likeness (QED) is 0.856. The van der Waals surface area contributed by atoms with Gasteiger partial charge in [0.1, 0.15) is 5.69 Å². The predicted molar refractivity (Wildman–Crippen MR) is 85.2 cm³/mol. The van der Waals surface area contributed by atoms with Crippen LogP contribution in [-0.2, 0) is 13.0 Å². The summed E-state index contributed by atoms with van der Waals surface area (Å²) in [4.78, 5) is 12.2.